The molecule has 3 aromatic rings. The molecule has 1 amide bonds. The van der Waals surface area contributed by atoms with Gasteiger partial charge in [0, 0.05) is 17.5 Å². The smallest absolute Gasteiger partial charge is 0.287 e. The third-order valence-corrected chi connectivity index (χ3v) is 5.19. The Morgan fingerprint density at radius 2 is 2.07 bits per heavy atom. The fraction of sp³-hybridized carbons (Fsp3) is 0.381. The van der Waals surface area contributed by atoms with E-state index < -0.39 is 0 Å². The lowest BCUT2D eigenvalue weighted by molar-refractivity contribution is 0.0908. The van der Waals surface area contributed by atoms with E-state index in [0.29, 0.717) is 5.76 Å². The summed E-state index contributed by atoms with van der Waals surface area (Å²) in [5.74, 6) is 1.71. The normalized spacial score (nSPS) is 15.6. The number of nitrogens with zero attached hydrogens (tertiary/aromatic N) is 4. The van der Waals surface area contributed by atoms with Gasteiger partial charge in [0.1, 0.15) is 5.76 Å². The van der Waals surface area contributed by atoms with Gasteiger partial charge in [-0.25, -0.2) is 9.67 Å². The number of hydrogen-bond donors (Lipinski definition) is 1. The molecule has 1 N–H and O–H groups in total. The van der Waals surface area contributed by atoms with Crippen molar-refractivity contribution < 1.29 is 9.21 Å². The summed E-state index contributed by atoms with van der Waals surface area (Å²) in [6.07, 6.45) is 5.97. The third-order valence-electron chi connectivity index (χ3n) is 5.19. The van der Waals surface area contributed by atoms with E-state index in [4.69, 9.17) is 4.42 Å². The molecule has 1 saturated heterocycles. The molecule has 1 aliphatic heterocycles. The second-order valence-electron chi connectivity index (χ2n) is 7.23. The molecule has 0 spiro atoms. The Hall–Kier alpha value is -2.93. The van der Waals surface area contributed by atoms with Crippen LogP contribution in [0.3, 0.4) is 0 Å². The van der Waals surface area contributed by atoms with Gasteiger partial charge in [-0.2, -0.15) is 5.10 Å². The lowest BCUT2D eigenvalue weighted by Crippen LogP contribution is -2.26. The van der Waals surface area contributed by atoms with Crippen molar-refractivity contribution in [2.45, 2.75) is 39.3 Å². The summed E-state index contributed by atoms with van der Waals surface area (Å²) >= 11 is 0. The van der Waals surface area contributed by atoms with Crippen molar-refractivity contribution in [3.05, 3.63) is 65.5 Å². The second-order valence-corrected chi connectivity index (χ2v) is 7.23. The quantitative estimate of drug-likeness (QED) is 0.711. The molecule has 1 aliphatic rings. The van der Waals surface area contributed by atoms with E-state index >= 15 is 0 Å². The first-order chi connectivity index (χ1) is 13.6. The molecule has 3 aromatic heterocycles. The van der Waals surface area contributed by atoms with Crippen molar-refractivity contribution in [2.24, 2.45) is 0 Å². The van der Waals surface area contributed by atoms with Gasteiger partial charge in [0.05, 0.1) is 18.8 Å². The molecule has 0 radical (unpaired) electrons. The summed E-state index contributed by atoms with van der Waals surface area (Å²) in [4.78, 5) is 19.3. The molecule has 0 bridgehead atoms. The van der Waals surface area contributed by atoms with Gasteiger partial charge < -0.3 is 9.73 Å². The number of carbonyl (C=O) groups excluding carboxylic acids is 1. The lowest BCUT2D eigenvalue weighted by Gasteiger charge is -2.13. The fourth-order valence-corrected chi connectivity index (χ4v) is 3.65. The molecule has 4 heterocycles. The molecule has 28 heavy (non-hydrogen) atoms. The monoisotopic (exact) mass is 379 g/mol. The Labute approximate surface area is 164 Å². The molecule has 1 atom stereocenters. The molecule has 0 aliphatic carbocycles. The average molecular weight is 379 g/mol. The third kappa shape index (κ3) is 3.84. The highest BCUT2D eigenvalue weighted by Gasteiger charge is 2.20. The summed E-state index contributed by atoms with van der Waals surface area (Å²) in [7, 11) is 0. The van der Waals surface area contributed by atoms with E-state index in [1.807, 2.05) is 38.1 Å². The van der Waals surface area contributed by atoms with Crippen molar-refractivity contribution in [3.63, 3.8) is 0 Å². The number of aromatic nitrogens is 3. The van der Waals surface area contributed by atoms with E-state index in [9.17, 15) is 4.79 Å². The average Bonchev–Trinajstić information content (AvgIpc) is 3.44. The van der Waals surface area contributed by atoms with Crippen molar-refractivity contribution in [2.75, 3.05) is 13.1 Å². The zero-order valence-corrected chi connectivity index (χ0v) is 16.3. The van der Waals surface area contributed by atoms with E-state index in [1.165, 1.54) is 12.8 Å². The fourth-order valence-electron chi connectivity index (χ4n) is 3.65. The number of likely N-dealkylation sites (tertiary alicyclic amines) is 1. The first-order valence-corrected chi connectivity index (χ1v) is 9.69. The van der Waals surface area contributed by atoms with E-state index in [2.05, 4.69) is 20.3 Å². The number of furan rings is 1. The van der Waals surface area contributed by atoms with Gasteiger partial charge in [-0.15, -0.1) is 0 Å². The summed E-state index contributed by atoms with van der Waals surface area (Å²) in [6, 6.07) is 9.13. The molecule has 1 unspecified atom stereocenters. The predicted octanol–water partition coefficient (Wildman–Crippen LogP) is 3.26. The zero-order valence-electron chi connectivity index (χ0n) is 16.3. The van der Waals surface area contributed by atoms with Gasteiger partial charge >= 0.3 is 0 Å². The van der Waals surface area contributed by atoms with Crippen molar-refractivity contribution in [3.8, 4) is 5.82 Å². The first-order valence-electron chi connectivity index (χ1n) is 9.69. The van der Waals surface area contributed by atoms with E-state index in [0.717, 1.165) is 42.5 Å². The number of rotatable bonds is 6. The van der Waals surface area contributed by atoms with Crippen LogP contribution in [0.2, 0.25) is 0 Å². The molecule has 0 aromatic carbocycles. The molecular formula is C21H25N5O2. The number of nitrogens with one attached hydrogen (secondary N) is 1. The highest BCUT2D eigenvalue weighted by atomic mass is 16.4. The molecule has 4 rings (SSSR count). The molecule has 0 saturated carbocycles. The minimum atomic E-state index is -0.217. The molecular weight excluding hydrogens is 354 g/mol. The topological polar surface area (TPSA) is 76.2 Å². The van der Waals surface area contributed by atoms with Crippen molar-refractivity contribution >= 4 is 5.91 Å². The van der Waals surface area contributed by atoms with Gasteiger partial charge in [-0.1, -0.05) is 6.07 Å². The summed E-state index contributed by atoms with van der Waals surface area (Å²) in [6.45, 7) is 6.87. The van der Waals surface area contributed by atoms with Crippen LogP contribution < -0.4 is 5.32 Å². The highest BCUT2D eigenvalue weighted by molar-refractivity contribution is 5.91. The highest BCUT2D eigenvalue weighted by Crippen LogP contribution is 2.20. The SMILES string of the molecule is Cc1c(C(C)NC(=O)c2ccc(CN3CCCC3)o2)cnn1-c1ccccn1. The number of carbonyl (C=O) groups is 1. The standard InChI is InChI=1S/C21H25N5O2/c1-15(18-13-23-26(16(18)2)20-7-3-4-10-22-20)24-21(27)19-9-8-17(28-19)14-25-11-5-6-12-25/h3-4,7-10,13,15H,5-6,11-12,14H2,1-2H3,(H,24,27). The van der Waals surface area contributed by atoms with Crippen LogP contribution in [0.4, 0.5) is 0 Å². The van der Waals surface area contributed by atoms with E-state index in [-0.39, 0.29) is 11.9 Å². The van der Waals surface area contributed by atoms with Gasteiger partial charge in [-0.05, 0) is 64.0 Å². The number of pyridine rings is 1. The molecule has 7 heteroatoms. The summed E-state index contributed by atoms with van der Waals surface area (Å²) in [5.41, 5.74) is 1.89. The minimum Gasteiger partial charge on any atom is -0.455 e. The Morgan fingerprint density at radius 3 is 2.82 bits per heavy atom. The van der Waals surface area contributed by atoms with E-state index in [1.54, 1.807) is 23.1 Å². The Kier molecular flexibility index (Phi) is 5.25. The first kappa shape index (κ1) is 18.4. The predicted molar refractivity (Wildman–Crippen MR) is 105 cm³/mol. The van der Waals surface area contributed by atoms with Gasteiger partial charge in [0.25, 0.3) is 5.91 Å². The Balaban J connectivity index is 1.42. The van der Waals surface area contributed by atoms with Crippen molar-refractivity contribution in [1.29, 1.82) is 0 Å². The maximum atomic E-state index is 12.6. The van der Waals surface area contributed by atoms with Gasteiger partial charge in [-0.3, -0.25) is 9.69 Å². The molecule has 1 fully saturated rings. The largest absolute Gasteiger partial charge is 0.455 e. The second kappa shape index (κ2) is 7.98. The van der Waals surface area contributed by atoms with Gasteiger partial charge in [0.2, 0.25) is 0 Å². The zero-order chi connectivity index (χ0) is 19.5. The summed E-state index contributed by atoms with van der Waals surface area (Å²) < 4.78 is 7.54. The maximum Gasteiger partial charge on any atom is 0.287 e. The summed E-state index contributed by atoms with van der Waals surface area (Å²) in [5, 5.41) is 7.43. The number of hydrogen-bond acceptors (Lipinski definition) is 5. The minimum absolute atomic E-state index is 0.197. The van der Waals surface area contributed by atoms with Crippen LogP contribution in [0, 0.1) is 6.92 Å². The van der Waals surface area contributed by atoms with Crippen LogP contribution in [0.25, 0.3) is 5.82 Å². The van der Waals surface area contributed by atoms with Crippen molar-refractivity contribution in [1.82, 2.24) is 25.0 Å². The van der Waals surface area contributed by atoms with Crippen LogP contribution in [-0.2, 0) is 6.54 Å². The van der Waals surface area contributed by atoms with Gasteiger partial charge in [0.15, 0.2) is 11.6 Å². The van der Waals surface area contributed by atoms with Crippen LogP contribution in [0.5, 0.6) is 0 Å². The molecule has 7 nitrogen and oxygen atoms in total. The van der Waals surface area contributed by atoms with Crippen LogP contribution in [-0.4, -0.2) is 38.7 Å². The van der Waals surface area contributed by atoms with Crippen LogP contribution in [0.15, 0.2) is 47.1 Å². The maximum absolute atomic E-state index is 12.6. The van der Waals surface area contributed by atoms with Crippen LogP contribution >= 0.6 is 0 Å². The van der Waals surface area contributed by atoms with Crippen LogP contribution in [0.1, 0.15) is 53.4 Å². The number of amides is 1. The molecule has 146 valence electrons. The lowest BCUT2D eigenvalue weighted by atomic mass is 10.1. The Bertz CT molecular complexity index is 941. The Morgan fingerprint density at radius 1 is 1.25 bits per heavy atom.